The van der Waals surface area contributed by atoms with E-state index in [1.807, 2.05) is 0 Å². The van der Waals surface area contributed by atoms with Crippen molar-refractivity contribution in [2.24, 2.45) is 0 Å². The third-order valence-electron chi connectivity index (χ3n) is 2.63. The number of sulfone groups is 1. The Bertz CT molecular complexity index is 554. The molecule has 100 valence electrons. The van der Waals surface area contributed by atoms with Gasteiger partial charge in [-0.05, 0) is 0 Å². The highest BCUT2D eigenvalue weighted by Gasteiger charge is 2.37. The van der Waals surface area contributed by atoms with Crippen LogP contribution in [0.2, 0.25) is 0 Å². The number of carbonyl (C=O) groups is 1. The molecule has 18 heavy (non-hydrogen) atoms. The Morgan fingerprint density at radius 2 is 2.28 bits per heavy atom. The summed E-state index contributed by atoms with van der Waals surface area (Å²) in [7, 11) is -1.62. The molecule has 0 radical (unpaired) electrons. The van der Waals surface area contributed by atoms with Crippen molar-refractivity contribution in [1.29, 1.82) is 0 Å². The molecule has 8 heteroatoms. The van der Waals surface area contributed by atoms with Crippen LogP contribution in [0, 0.1) is 0 Å². The molecule has 1 aromatic heterocycles. The monoisotopic (exact) mass is 309 g/mol. The lowest BCUT2D eigenvalue weighted by molar-refractivity contribution is 0.0945. The van der Waals surface area contributed by atoms with Crippen LogP contribution in [0.3, 0.4) is 0 Å². The zero-order chi connectivity index (χ0) is 13.3. The van der Waals surface area contributed by atoms with Gasteiger partial charge in [-0.25, -0.2) is 8.42 Å². The van der Waals surface area contributed by atoms with Crippen molar-refractivity contribution in [3.05, 3.63) is 16.3 Å². The maximum Gasteiger partial charge on any atom is 0.261 e. The number of rotatable bonds is 3. The predicted molar refractivity (Wildman–Crippen MR) is 70.4 cm³/mol. The molecule has 2 heterocycles. The van der Waals surface area contributed by atoms with Gasteiger partial charge in [0.15, 0.2) is 9.84 Å². The average molecular weight is 310 g/mol. The summed E-state index contributed by atoms with van der Waals surface area (Å²) in [5.41, 5.74) is 0. The first-order valence-electron chi connectivity index (χ1n) is 5.19. The lowest BCUT2D eigenvalue weighted by Gasteiger charge is -2.13. The van der Waals surface area contributed by atoms with Gasteiger partial charge in [0, 0.05) is 11.4 Å². The normalized spacial score (nSPS) is 25.9. The maximum absolute atomic E-state index is 11.9. The van der Waals surface area contributed by atoms with Crippen LogP contribution >= 0.6 is 22.9 Å². The van der Waals surface area contributed by atoms with Crippen molar-refractivity contribution in [2.75, 3.05) is 18.6 Å². The fourth-order valence-corrected chi connectivity index (χ4v) is 5.03. The van der Waals surface area contributed by atoms with Gasteiger partial charge in [-0.15, -0.1) is 22.9 Å². The van der Waals surface area contributed by atoms with E-state index in [-0.39, 0.29) is 17.4 Å². The summed E-state index contributed by atoms with van der Waals surface area (Å²) in [6.45, 7) is 0. The zero-order valence-corrected chi connectivity index (χ0v) is 11.9. The van der Waals surface area contributed by atoms with E-state index in [1.54, 1.807) is 11.4 Å². The quantitative estimate of drug-likeness (QED) is 0.842. The third kappa shape index (κ3) is 2.96. The minimum atomic E-state index is -3.14. The van der Waals surface area contributed by atoms with Crippen molar-refractivity contribution in [3.63, 3.8) is 0 Å². The van der Waals surface area contributed by atoms with Crippen molar-refractivity contribution in [3.8, 4) is 5.75 Å². The number of ether oxygens (including phenoxy) is 1. The summed E-state index contributed by atoms with van der Waals surface area (Å²) in [4.78, 5) is 12.3. The highest BCUT2D eigenvalue weighted by atomic mass is 35.5. The van der Waals surface area contributed by atoms with E-state index in [2.05, 4.69) is 5.32 Å². The van der Waals surface area contributed by atoms with Gasteiger partial charge in [-0.1, -0.05) is 0 Å². The van der Waals surface area contributed by atoms with Gasteiger partial charge in [0.2, 0.25) is 0 Å². The van der Waals surface area contributed by atoms with Gasteiger partial charge in [0.1, 0.15) is 5.75 Å². The Kier molecular flexibility index (Phi) is 3.84. The molecular weight excluding hydrogens is 298 g/mol. The van der Waals surface area contributed by atoms with Crippen molar-refractivity contribution in [2.45, 2.75) is 11.4 Å². The molecule has 1 aliphatic heterocycles. The number of alkyl halides is 1. The standard InChI is InChI=1S/C10H12ClNO4S2/c1-16-6-2-9(17-3-6)10(13)12-8-5-18(14,15)4-7(8)11/h2-3,7-8H,4-5H2,1H3,(H,12,13). The van der Waals surface area contributed by atoms with Crippen LogP contribution in [0.25, 0.3) is 0 Å². The topological polar surface area (TPSA) is 72.5 Å². The van der Waals surface area contributed by atoms with Gasteiger partial charge in [0.05, 0.1) is 34.9 Å². The molecule has 1 aliphatic rings. The smallest absolute Gasteiger partial charge is 0.261 e. The SMILES string of the molecule is COc1csc(C(=O)NC2CS(=O)(=O)CC2Cl)c1. The minimum Gasteiger partial charge on any atom is -0.496 e. The fourth-order valence-electron chi connectivity index (χ4n) is 1.72. The number of amides is 1. The molecule has 0 aliphatic carbocycles. The molecule has 2 rings (SSSR count). The van der Waals surface area contributed by atoms with E-state index >= 15 is 0 Å². The van der Waals surface area contributed by atoms with Crippen LogP contribution in [0.15, 0.2) is 11.4 Å². The minimum absolute atomic E-state index is 0.0900. The van der Waals surface area contributed by atoms with Crippen LogP contribution in [-0.2, 0) is 9.84 Å². The first-order chi connectivity index (χ1) is 8.41. The molecule has 2 atom stereocenters. The second kappa shape index (κ2) is 5.07. The van der Waals surface area contributed by atoms with E-state index in [9.17, 15) is 13.2 Å². The van der Waals surface area contributed by atoms with E-state index in [0.717, 1.165) is 0 Å². The van der Waals surface area contributed by atoms with Gasteiger partial charge in [-0.3, -0.25) is 4.79 Å². The van der Waals surface area contributed by atoms with E-state index < -0.39 is 21.3 Å². The van der Waals surface area contributed by atoms with E-state index in [0.29, 0.717) is 10.6 Å². The molecule has 0 spiro atoms. The number of halogens is 1. The number of thiophene rings is 1. The summed E-state index contributed by atoms with van der Waals surface area (Å²) >= 11 is 7.15. The summed E-state index contributed by atoms with van der Waals surface area (Å²) in [6, 6.07) is 1.07. The first-order valence-corrected chi connectivity index (χ1v) is 8.33. The molecule has 0 saturated carbocycles. The van der Waals surface area contributed by atoms with Crippen LogP contribution in [0.4, 0.5) is 0 Å². The average Bonchev–Trinajstić information content (AvgIpc) is 2.83. The van der Waals surface area contributed by atoms with E-state index in [1.165, 1.54) is 18.4 Å². The molecule has 0 bridgehead atoms. The molecule has 1 fully saturated rings. The number of carbonyl (C=O) groups excluding carboxylic acids is 1. The maximum atomic E-state index is 11.9. The predicted octanol–water partition coefficient (Wildman–Crippen LogP) is 0.891. The molecule has 1 N–H and O–H groups in total. The largest absolute Gasteiger partial charge is 0.496 e. The Balaban J connectivity index is 2.04. The summed E-state index contributed by atoms with van der Waals surface area (Å²) in [5.74, 6) is 0.0885. The molecule has 1 saturated heterocycles. The molecule has 1 aromatic rings. The van der Waals surface area contributed by atoms with Crippen molar-refractivity contribution < 1.29 is 17.9 Å². The first kappa shape index (κ1) is 13.6. The summed E-state index contributed by atoms with van der Waals surface area (Å²) in [6.07, 6.45) is 0. The highest BCUT2D eigenvalue weighted by molar-refractivity contribution is 7.91. The summed E-state index contributed by atoms with van der Waals surface area (Å²) < 4.78 is 27.7. The summed E-state index contributed by atoms with van der Waals surface area (Å²) in [5, 5.41) is 3.78. The number of methoxy groups -OCH3 is 1. The van der Waals surface area contributed by atoms with Gasteiger partial charge in [-0.2, -0.15) is 0 Å². The van der Waals surface area contributed by atoms with Crippen molar-refractivity contribution in [1.82, 2.24) is 5.32 Å². The Hall–Kier alpha value is -0.790. The highest BCUT2D eigenvalue weighted by Crippen LogP contribution is 2.23. The Morgan fingerprint density at radius 1 is 1.56 bits per heavy atom. The lowest BCUT2D eigenvalue weighted by atomic mass is 10.2. The number of nitrogens with one attached hydrogen (secondary N) is 1. The lowest BCUT2D eigenvalue weighted by Crippen LogP contribution is -2.40. The van der Waals surface area contributed by atoms with E-state index in [4.69, 9.17) is 16.3 Å². The van der Waals surface area contributed by atoms with Gasteiger partial charge in [0.25, 0.3) is 5.91 Å². The molecule has 2 unspecified atom stereocenters. The van der Waals surface area contributed by atoms with Crippen LogP contribution in [0.5, 0.6) is 5.75 Å². The Labute approximate surface area is 114 Å². The number of hydrogen-bond acceptors (Lipinski definition) is 5. The van der Waals surface area contributed by atoms with Gasteiger partial charge < -0.3 is 10.1 Å². The third-order valence-corrected chi connectivity index (χ3v) is 5.92. The second-order valence-corrected chi connectivity index (χ2v) is 7.65. The molecule has 0 aromatic carbocycles. The second-order valence-electron chi connectivity index (χ2n) is 4.02. The zero-order valence-electron chi connectivity index (χ0n) is 9.55. The molecule has 1 amide bonds. The van der Waals surface area contributed by atoms with Crippen molar-refractivity contribution >= 4 is 38.7 Å². The number of hydrogen-bond donors (Lipinski definition) is 1. The molecular formula is C10H12ClNO4S2. The van der Waals surface area contributed by atoms with Crippen LogP contribution < -0.4 is 10.1 Å². The van der Waals surface area contributed by atoms with Gasteiger partial charge >= 0.3 is 0 Å². The molecule has 5 nitrogen and oxygen atoms in total. The Morgan fingerprint density at radius 3 is 2.78 bits per heavy atom. The fraction of sp³-hybridized carbons (Fsp3) is 0.500. The van der Waals surface area contributed by atoms with Crippen LogP contribution in [-0.4, -0.2) is 44.4 Å². The van der Waals surface area contributed by atoms with Crippen LogP contribution in [0.1, 0.15) is 9.67 Å².